The number of nitrogen functional groups attached to an aromatic ring is 1. The van der Waals surface area contributed by atoms with Gasteiger partial charge in [-0.15, -0.1) is 11.3 Å². The fraction of sp³-hybridized carbons (Fsp3) is 0.217. The Bertz CT molecular complexity index is 1210. The zero-order valence-electron chi connectivity index (χ0n) is 15.5. The van der Waals surface area contributed by atoms with Crippen LogP contribution >= 0.6 is 11.3 Å². The Morgan fingerprint density at radius 2 is 1.82 bits per heavy atom. The number of anilines is 2. The summed E-state index contributed by atoms with van der Waals surface area (Å²) in [7, 11) is 0. The molecule has 140 valence electrons. The average molecular weight is 388 g/mol. The third kappa shape index (κ3) is 2.92. The maximum atomic E-state index is 13.0. The van der Waals surface area contributed by atoms with Gasteiger partial charge < -0.3 is 11.1 Å². The van der Waals surface area contributed by atoms with E-state index in [-0.39, 0.29) is 5.91 Å². The Balaban J connectivity index is 1.53. The molecule has 0 spiro atoms. The molecule has 0 radical (unpaired) electrons. The van der Waals surface area contributed by atoms with Crippen molar-refractivity contribution in [3.63, 3.8) is 0 Å². The van der Waals surface area contributed by atoms with Gasteiger partial charge in [-0.25, -0.2) is 4.98 Å². The molecule has 1 amide bonds. The number of pyridine rings is 1. The van der Waals surface area contributed by atoms with Crippen LogP contribution in [0.15, 0.2) is 48.5 Å². The van der Waals surface area contributed by atoms with E-state index in [9.17, 15) is 4.79 Å². The smallest absolute Gasteiger partial charge is 0.267 e. The first kappa shape index (κ1) is 17.2. The predicted octanol–water partition coefficient (Wildman–Crippen LogP) is 5.55. The van der Waals surface area contributed by atoms with E-state index in [0.717, 1.165) is 39.5 Å². The largest absolute Gasteiger partial charge is 0.397 e. The third-order valence-electron chi connectivity index (χ3n) is 5.49. The fourth-order valence-electron chi connectivity index (χ4n) is 4.02. The highest BCUT2D eigenvalue weighted by Gasteiger charge is 2.20. The molecular formula is C23H21N3OS. The van der Waals surface area contributed by atoms with E-state index in [0.29, 0.717) is 10.6 Å². The predicted molar refractivity (Wildman–Crippen MR) is 117 cm³/mol. The second kappa shape index (κ2) is 6.91. The molecule has 0 atom stereocenters. The van der Waals surface area contributed by atoms with Gasteiger partial charge in [0.15, 0.2) is 0 Å². The molecule has 1 aliphatic rings. The Labute approximate surface area is 167 Å². The zero-order valence-corrected chi connectivity index (χ0v) is 16.3. The minimum atomic E-state index is -0.174. The first-order chi connectivity index (χ1) is 13.7. The van der Waals surface area contributed by atoms with Crippen LogP contribution in [-0.4, -0.2) is 10.9 Å². The maximum Gasteiger partial charge on any atom is 0.267 e. The van der Waals surface area contributed by atoms with Gasteiger partial charge >= 0.3 is 0 Å². The van der Waals surface area contributed by atoms with Crippen LogP contribution in [-0.2, 0) is 12.8 Å². The van der Waals surface area contributed by atoms with Crippen LogP contribution in [0.4, 0.5) is 11.4 Å². The van der Waals surface area contributed by atoms with Crippen molar-refractivity contribution < 1.29 is 4.79 Å². The number of carbonyl (C=O) groups excluding carboxylic acids is 1. The number of hydrogen-bond donors (Lipinski definition) is 2. The quantitative estimate of drug-likeness (QED) is 0.443. The second-order valence-corrected chi connectivity index (χ2v) is 8.33. The van der Waals surface area contributed by atoms with Crippen LogP contribution in [0.2, 0.25) is 0 Å². The monoisotopic (exact) mass is 387 g/mol. The summed E-state index contributed by atoms with van der Waals surface area (Å²) in [4.78, 5) is 19.3. The van der Waals surface area contributed by atoms with Crippen molar-refractivity contribution in [2.45, 2.75) is 32.1 Å². The van der Waals surface area contributed by atoms with Crippen LogP contribution < -0.4 is 11.1 Å². The normalized spacial score (nSPS) is 14.0. The number of hydrogen-bond acceptors (Lipinski definition) is 4. The number of thiophene rings is 1. The van der Waals surface area contributed by atoms with E-state index in [1.807, 2.05) is 42.5 Å². The number of nitrogens with one attached hydrogen (secondary N) is 1. The molecule has 5 heteroatoms. The average Bonchev–Trinajstić information content (AvgIpc) is 2.88. The number of benzene rings is 2. The summed E-state index contributed by atoms with van der Waals surface area (Å²) in [5, 5.41) is 6.07. The number of nitrogens with zero attached hydrogens (tertiary/aromatic N) is 1. The van der Waals surface area contributed by atoms with E-state index in [2.05, 4.69) is 11.4 Å². The maximum absolute atomic E-state index is 13.0. The Hall–Kier alpha value is -2.92. The van der Waals surface area contributed by atoms with Gasteiger partial charge in [0.05, 0.1) is 5.69 Å². The van der Waals surface area contributed by atoms with Crippen molar-refractivity contribution >= 4 is 49.6 Å². The second-order valence-electron chi connectivity index (χ2n) is 7.33. The molecule has 0 saturated heterocycles. The van der Waals surface area contributed by atoms with E-state index in [4.69, 9.17) is 10.7 Å². The summed E-state index contributed by atoms with van der Waals surface area (Å²) in [6.45, 7) is 0. The SMILES string of the molecule is Nc1c(C(=O)Nc2cccc3ccccc23)sc2nc3c(cc12)CCCCC3. The number of amides is 1. The fourth-order valence-corrected chi connectivity index (χ4v) is 5.01. The number of fused-ring (bicyclic) bond motifs is 3. The molecule has 0 saturated carbocycles. The Morgan fingerprint density at radius 3 is 2.75 bits per heavy atom. The van der Waals surface area contributed by atoms with Gasteiger partial charge in [0.25, 0.3) is 5.91 Å². The first-order valence-electron chi connectivity index (χ1n) is 9.70. The van der Waals surface area contributed by atoms with Crippen LogP contribution in [0.25, 0.3) is 21.0 Å². The molecule has 5 rings (SSSR count). The number of rotatable bonds is 2. The lowest BCUT2D eigenvalue weighted by Crippen LogP contribution is -2.12. The summed E-state index contributed by atoms with van der Waals surface area (Å²) >= 11 is 1.39. The summed E-state index contributed by atoms with van der Waals surface area (Å²) < 4.78 is 0. The molecule has 0 aliphatic heterocycles. The van der Waals surface area contributed by atoms with Gasteiger partial charge in [0, 0.05) is 22.2 Å². The summed E-state index contributed by atoms with van der Waals surface area (Å²) in [5.41, 5.74) is 10.2. The van der Waals surface area contributed by atoms with Crippen LogP contribution in [0.3, 0.4) is 0 Å². The highest BCUT2D eigenvalue weighted by Crippen LogP contribution is 2.36. The van der Waals surface area contributed by atoms with Crippen LogP contribution in [0.5, 0.6) is 0 Å². The molecule has 0 fully saturated rings. The standard InChI is InChI=1S/C23H21N3OS/c24-20-17-13-15-8-2-1-3-11-18(15)26-23(17)28-21(20)22(27)25-19-12-6-9-14-7-4-5-10-16(14)19/h4-7,9-10,12-13H,1-3,8,11,24H2,(H,25,27). The van der Waals surface area contributed by atoms with Gasteiger partial charge in [-0.2, -0.15) is 0 Å². The zero-order chi connectivity index (χ0) is 19.1. The lowest BCUT2D eigenvalue weighted by atomic mass is 10.1. The number of aryl methyl sites for hydroxylation is 2. The van der Waals surface area contributed by atoms with Gasteiger partial charge in [-0.05, 0) is 48.8 Å². The molecule has 1 aliphatic carbocycles. The van der Waals surface area contributed by atoms with Gasteiger partial charge in [-0.1, -0.05) is 42.8 Å². The van der Waals surface area contributed by atoms with Crippen molar-refractivity contribution in [3.05, 3.63) is 64.7 Å². The minimum Gasteiger partial charge on any atom is -0.397 e. The number of carbonyl (C=O) groups is 1. The van der Waals surface area contributed by atoms with Crippen molar-refractivity contribution in [1.29, 1.82) is 0 Å². The molecule has 4 nitrogen and oxygen atoms in total. The summed E-state index contributed by atoms with van der Waals surface area (Å²) in [5.74, 6) is -0.174. The minimum absolute atomic E-state index is 0.174. The molecule has 3 N–H and O–H groups in total. The molecule has 0 bridgehead atoms. The van der Waals surface area contributed by atoms with Gasteiger partial charge in [0.2, 0.25) is 0 Å². The molecule has 4 aromatic rings. The van der Waals surface area contributed by atoms with E-state index < -0.39 is 0 Å². The molecular weight excluding hydrogens is 366 g/mol. The number of nitrogens with two attached hydrogens (primary N) is 1. The lowest BCUT2D eigenvalue weighted by molar-refractivity contribution is 0.103. The molecule has 0 unspecified atom stereocenters. The highest BCUT2D eigenvalue weighted by atomic mass is 32.1. The molecule has 28 heavy (non-hydrogen) atoms. The molecule has 2 heterocycles. The number of aromatic nitrogens is 1. The lowest BCUT2D eigenvalue weighted by Gasteiger charge is -2.08. The van der Waals surface area contributed by atoms with Crippen molar-refractivity contribution in [3.8, 4) is 0 Å². The van der Waals surface area contributed by atoms with E-state index in [1.165, 1.54) is 41.9 Å². The Morgan fingerprint density at radius 1 is 1.00 bits per heavy atom. The first-order valence-corrected chi connectivity index (χ1v) is 10.5. The van der Waals surface area contributed by atoms with E-state index in [1.54, 1.807) is 0 Å². The Kier molecular flexibility index (Phi) is 4.24. The molecule has 2 aromatic heterocycles. The third-order valence-corrected chi connectivity index (χ3v) is 6.61. The van der Waals surface area contributed by atoms with Crippen molar-refractivity contribution in [2.75, 3.05) is 11.1 Å². The molecule has 2 aromatic carbocycles. The highest BCUT2D eigenvalue weighted by molar-refractivity contribution is 7.21. The van der Waals surface area contributed by atoms with Crippen LogP contribution in [0, 0.1) is 0 Å². The van der Waals surface area contributed by atoms with Crippen molar-refractivity contribution in [2.24, 2.45) is 0 Å². The van der Waals surface area contributed by atoms with Gasteiger partial charge in [-0.3, -0.25) is 4.79 Å². The van der Waals surface area contributed by atoms with Crippen LogP contribution in [0.1, 0.15) is 40.2 Å². The van der Waals surface area contributed by atoms with E-state index >= 15 is 0 Å². The summed E-state index contributed by atoms with van der Waals surface area (Å²) in [6.07, 6.45) is 5.68. The van der Waals surface area contributed by atoms with Gasteiger partial charge in [0.1, 0.15) is 9.71 Å². The topological polar surface area (TPSA) is 68.0 Å². The summed E-state index contributed by atoms with van der Waals surface area (Å²) in [6, 6.07) is 16.1. The van der Waals surface area contributed by atoms with Crippen molar-refractivity contribution in [1.82, 2.24) is 4.98 Å².